The van der Waals surface area contributed by atoms with Crippen LogP contribution >= 0.6 is 12.4 Å². The summed E-state index contributed by atoms with van der Waals surface area (Å²) in [5.74, 6) is 1.27. The average molecular weight is 299 g/mol. The Kier molecular flexibility index (Phi) is 7.41. The van der Waals surface area contributed by atoms with Gasteiger partial charge in [-0.3, -0.25) is 4.79 Å². The van der Waals surface area contributed by atoms with Gasteiger partial charge < -0.3 is 15.4 Å². The lowest BCUT2D eigenvalue weighted by Gasteiger charge is -2.22. The standard InChI is InChI=1S/C15H22N2O2.ClH/c1-2-19-14-7-3-6-13(9-14)15(18)17-11-12-5-4-8-16-10-12;/h3,6-7,9,12,16H,2,4-5,8,10-11H2,1H3,(H,17,18);1H. The number of rotatable bonds is 5. The van der Waals surface area contributed by atoms with Gasteiger partial charge in [0.2, 0.25) is 0 Å². The molecule has 1 amide bonds. The van der Waals surface area contributed by atoms with Crippen molar-refractivity contribution in [2.45, 2.75) is 19.8 Å². The maximum atomic E-state index is 12.1. The normalized spacial score (nSPS) is 17.9. The van der Waals surface area contributed by atoms with Crippen LogP contribution < -0.4 is 15.4 Å². The highest BCUT2D eigenvalue weighted by Gasteiger charge is 2.14. The number of hydrogen-bond donors (Lipinski definition) is 2. The summed E-state index contributed by atoms with van der Waals surface area (Å²) in [4.78, 5) is 12.1. The van der Waals surface area contributed by atoms with Crippen LogP contribution in [0.5, 0.6) is 5.75 Å². The number of nitrogens with one attached hydrogen (secondary N) is 2. The lowest BCUT2D eigenvalue weighted by molar-refractivity contribution is 0.0944. The van der Waals surface area contributed by atoms with E-state index in [1.165, 1.54) is 12.8 Å². The number of ether oxygens (including phenoxy) is 1. The van der Waals surface area contributed by atoms with E-state index in [-0.39, 0.29) is 18.3 Å². The van der Waals surface area contributed by atoms with Crippen LogP contribution in [0.25, 0.3) is 0 Å². The molecule has 0 aliphatic carbocycles. The molecule has 20 heavy (non-hydrogen) atoms. The predicted molar refractivity (Wildman–Crippen MR) is 82.8 cm³/mol. The van der Waals surface area contributed by atoms with Crippen molar-refractivity contribution in [3.05, 3.63) is 29.8 Å². The summed E-state index contributed by atoms with van der Waals surface area (Å²) in [5, 5.41) is 6.36. The first-order chi connectivity index (χ1) is 9.29. The van der Waals surface area contributed by atoms with E-state index in [0.717, 1.165) is 25.4 Å². The van der Waals surface area contributed by atoms with Gasteiger partial charge in [-0.05, 0) is 57.0 Å². The van der Waals surface area contributed by atoms with Crippen LogP contribution in [0, 0.1) is 5.92 Å². The molecule has 1 aromatic carbocycles. The molecular formula is C15H23ClN2O2. The van der Waals surface area contributed by atoms with Crippen molar-refractivity contribution in [3.8, 4) is 5.75 Å². The van der Waals surface area contributed by atoms with Crippen molar-refractivity contribution >= 4 is 18.3 Å². The number of amides is 1. The molecule has 4 nitrogen and oxygen atoms in total. The number of carbonyl (C=O) groups excluding carboxylic acids is 1. The van der Waals surface area contributed by atoms with Crippen LogP contribution in [0.3, 0.4) is 0 Å². The molecule has 1 aliphatic heterocycles. The molecule has 2 N–H and O–H groups in total. The van der Waals surface area contributed by atoms with Crippen molar-refractivity contribution < 1.29 is 9.53 Å². The fraction of sp³-hybridized carbons (Fsp3) is 0.533. The van der Waals surface area contributed by atoms with Gasteiger partial charge in [0, 0.05) is 12.1 Å². The molecule has 5 heteroatoms. The monoisotopic (exact) mass is 298 g/mol. The zero-order valence-corrected chi connectivity index (χ0v) is 12.7. The molecule has 1 saturated heterocycles. The van der Waals surface area contributed by atoms with Crippen molar-refractivity contribution in [1.29, 1.82) is 0 Å². The topological polar surface area (TPSA) is 50.4 Å². The highest BCUT2D eigenvalue weighted by Crippen LogP contribution is 2.14. The Morgan fingerprint density at radius 1 is 1.50 bits per heavy atom. The van der Waals surface area contributed by atoms with Crippen molar-refractivity contribution in [1.82, 2.24) is 10.6 Å². The van der Waals surface area contributed by atoms with Gasteiger partial charge in [0.25, 0.3) is 5.91 Å². The van der Waals surface area contributed by atoms with E-state index in [2.05, 4.69) is 10.6 Å². The zero-order chi connectivity index (χ0) is 13.5. The van der Waals surface area contributed by atoms with Crippen LogP contribution in [-0.4, -0.2) is 32.1 Å². The summed E-state index contributed by atoms with van der Waals surface area (Å²) in [7, 11) is 0. The molecule has 1 aromatic rings. The SMILES string of the molecule is CCOc1cccc(C(=O)NCC2CCCNC2)c1.Cl. The minimum atomic E-state index is -0.0212. The molecule has 1 aliphatic rings. The molecule has 112 valence electrons. The fourth-order valence-corrected chi connectivity index (χ4v) is 2.33. The van der Waals surface area contributed by atoms with E-state index in [0.29, 0.717) is 18.1 Å². The summed E-state index contributed by atoms with van der Waals surface area (Å²) in [6.45, 7) is 5.38. The van der Waals surface area contributed by atoms with E-state index in [1.54, 1.807) is 6.07 Å². The summed E-state index contributed by atoms with van der Waals surface area (Å²) in [5.41, 5.74) is 0.662. The number of carbonyl (C=O) groups is 1. The second kappa shape index (κ2) is 8.82. The lowest BCUT2D eigenvalue weighted by Crippen LogP contribution is -2.38. The number of piperidine rings is 1. The van der Waals surface area contributed by atoms with Gasteiger partial charge in [0.1, 0.15) is 5.75 Å². The number of hydrogen-bond acceptors (Lipinski definition) is 3. The predicted octanol–water partition coefficient (Wildman–Crippen LogP) is 2.24. The maximum absolute atomic E-state index is 12.1. The first-order valence-electron chi connectivity index (χ1n) is 7.01. The van der Waals surface area contributed by atoms with E-state index in [1.807, 2.05) is 25.1 Å². The number of benzene rings is 1. The minimum Gasteiger partial charge on any atom is -0.494 e. The van der Waals surface area contributed by atoms with E-state index >= 15 is 0 Å². The van der Waals surface area contributed by atoms with Gasteiger partial charge in [-0.1, -0.05) is 6.07 Å². The molecule has 0 radical (unpaired) electrons. The lowest BCUT2D eigenvalue weighted by atomic mass is 9.99. The van der Waals surface area contributed by atoms with Crippen molar-refractivity contribution in [2.24, 2.45) is 5.92 Å². The Morgan fingerprint density at radius 2 is 2.35 bits per heavy atom. The van der Waals surface area contributed by atoms with Gasteiger partial charge in [-0.25, -0.2) is 0 Å². The molecule has 2 rings (SSSR count). The average Bonchev–Trinajstić information content (AvgIpc) is 2.46. The molecule has 0 bridgehead atoms. The Balaban J connectivity index is 0.00000200. The maximum Gasteiger partial charge on any atom is 0.251 e. The van der Waals surface area contributed by atoms with Crippen LogP contribution in [0.4, 0.5) is 0 Å². The van der Waals surface area contributed by atoms with Crippen molar-refractivity contribution in [3.63, 3.8) is 0 Å². The quantitative estimate of drug-likeness (QED) is 0.876. The molecule has 0 aromatic heterocycles. The molecule has 0 spiro atoms. The molecule has 1 heterocycles. The van der Waals surface area contributed by atoms with Crippen LogP contribution in [0.15, 0.2) is 24.3 Å². The first-order valence-corrected chi connectivity index (χ1v) is 7.01. The van der Waals surface area contributed by atoms with Gasteiger partial charge in [-0.15, -0.1) is 12.4 Å². The second-order valence-corrected chi connectivity index (χ2v) is 4.88. The van der Waals surface area contributed by atoms with E-state index < -0.39 is 0 Å². The first kappa shape index (κ1) is 16.8. The Hall–Kier alpha value is -1.26. The molecular weight excluding hydrogens is 276 g/mol. The van der Waals surface area contributed by atoms with Crippen LogP contribution in [0.2, 0.25) is 0 Å². The Bertz CT molecular complexity index is 420. The van der Waals surface area contributed by atoms with Gasteiger partial charge >= 0.3 is 0 Å². The Labute approximate surface area is 126 Å². The molecule has 1 unspecified atom stereocenters. The molecule has 1 fully saturated rings. The van der Waals surface area contributed by atoms with Crippen molar-refractivity contribution in [2.75, 3.05) is 26.2 Å². The second-order valence-electron chi connectivity index (χ2n) is 4.88. The largest absolute Gasteiger partial charge is 0.494 e. The highest BCUT2D eigenvalue weighted by molar-refractivity contribution is 5.94. The Morgan fingerprint density at radius 3 is 3.05 bits per heavy atom. The fourth-order valence-electron chi connectivity index (χ4n) is 2.33. The third kappa shape index (κ3) is 5.02. The number of halogens is 1. The van der Waals surface area contributed by atoms with E-state index in [4.69, 9.17) is 4.74 Å². The van der Waals surface area contributed by atoms with Gasteiger partial charge in [0.15, 0.2) is 0 Å². The summed E-state index contributed by atoms with van der Waals surface area (Å²) < 4.78 is 5.40. The molecule has 1 atom stereocenters. The highest BCUT2D eigenvalue weighted by atomic mass is 35.5. The third-order valence-electron chi connectivity index (χ3n) is 3.36. The smallest absolute Gasteiger partial charge is 0.251 e. The summed E-state index contributed by atoms with van der Waals surface area (Å²) >= 11 is 0. The zero-order valence-electron chi connectivity index (χ0n) is 11.9. The van der Waals surface area contributed by atoms with Gasteiger partial charge in [-0.2, -0.15) is 0 Å². The van der Waals surface area contributed by atoms with E-state index in [9.17, 15) is 4.79 Å². The van der Waals surface area contributed by atoms with Crippen LogP contribution in [-0.2, 0) is 0 Å². The molecule has 0 saturated carbocycles. The summed E-state index contributed by atoms with van der Waals surface area (Å²) in [6, 6.07) is 7.32. The third-order valence-corrected chi connectivity index (χ3v) is 3.36. The summed E-state index contributed by atoms with van der Waals surface area (Å²) in [6.07, 6.45) is 2.38. The van der Waals surface area contributed by atoms with Crippen LogP contribution in [0.1, 0.15) is 30.1 Å². The minimum absolute atomic E-state index is 0. The van der Waals surface area contributed by atoms with Gasteiger partial charge in [0.05, 0.1) is 6.61 Å².